The van der Waals surface area contributed by atoms with Gasteiger partial charge in [-0.1, -0.05) is 0 Å². The van der Waals surface area contributed by atoms with Crippen LogP contribution in [-0.2, 0) is 11.2 Å². The van der Waals surface area contributed by atoms with E-state index in [1.165, 1.54) is 10.4 Å². The van der Waals surface area contributed by atoms with Crippen LogP contribution in [0.2, 0.25) is 0 Å². The van der Waals surface area contributed by atoms with E-state index in [2.05, 4.69) is 23.7 Å². The minimum absolute atomic E-state index is 0.0262. The highest BCUT2D eigenvalue weighted by Crippen LogP contribution is 2.15. The number of nitrogens with one attached hydrogen (secondary N) is 1. The maximum Gasteiger partial charge on any atom is 0.220 e. The maximum absolute atomic E-state index is 11.2. The van der Waals surface area contributed by atoms with E-state index in [4.69, 9.17) is 5.11 Å². The monoisotopic (exact) mass is 227 g/mol. The fourth-order valence-corrected chi connectivity index (χ4v) is 2.21. The zero-order valence-electron chi connectivity index (χ0n) is 8.95. The minimum atomic E-state index is 0.0262. The second kappa shape index (κ2) is 6.58. The van der Waals surface area contributed by atoms with Crippen molar-refractivity contribution in [1.29, 1.82) is 0 Å². The van der Waals surface area contributed by atoms with Crippen molar-refractivity contribution < 1.29 is 9.90 Å². The van der Waals surface area contributed by atoms with E-state index in [0.717, 1.165) is 6.42 Å². The third-order valence-electron chi connectivity index (χ3n) is 2.20. The first-order chi connectivity index (χ1) is 7.24. The average Bonchev–Trinajstić information content (AvgIpc) is 2.61. The van der Waals surface area contributed by atoms with Gasteiger partial charge < -0.3 is 10.4 Å². The van der Waals surface area contributed by atoms with Crippen molar-refractivity contribution in [2.45, 2.75) is 26.2 Å². The molecular formula is C11H17NO2S. The quantitative estimate of drug-likeness (QED) is 0.773. The smallest absolute Gasteiger partial charge is 0.220 e. The number of rotatable bonds is 6. The molecule has 0 aliphatic heterocycles. The first-order valence-corrected chi connectivity index (χ1v) is 6.02. The van der Waals surface area contributed by atoms with Crippen LogP contribution in [0, 0.1) is 6.92 Å². The van der Waals surface area contributed by atoms with Gasteiger partial charge in [0, 0.05) is 24.4 Å². The summed E-state index contributed by atoms with van der Waals surface area (Å²) in [6.45, 7) is 2.85. The lowest BCUT2D eigenvalue weighted by atomic mass is 10.2. The third-order valence-corrected chi connectivity index (χ3v) is 3.29. The number of thiophene rings is 1. The summed E-state index contributed by atoms with van der Waals surface area (Å²) in [5.74, 6) is 0.0262. The van der Waals surface area contributed by atoms with Crippen LogP contribution >= 0.6 is 11.3 Å². The zero-order valence-corrected chi connectivity index (χ0v) is 9.77. The van der Waals surface area contributed by atoms with Crippen LogP contribution in [0.25, 0.3) is 0 Å². The Bertz CT molecular complexity index is 309. The Labute approximate surface area is 94.1 Å². The Morgan fingerprint density at radius 3 is 3.00 bits per heavy atom. The molecule has 0 aliphatic carbocycles. The van der Waals surface area contributed by atoms with Gasteiger partial charge in [0.2, 0.25) is 5.91 Å². The van der Waals surface area contributed by atoms with Crippen molar-refractivity contribution in [2.24, 2.45) is 0 Å². The Hall–Kier alpha value is -0.870. The molecule has 1 heterocycles. The molecular weight excluding hydrogens is 210 g/mol. The number of aryl methyl sites for hydroxylation is 1. The SMILES string of the molecule is Cc1ccsc1CCNC(=O)CCCO. The van der Waals surface area contributed by atoms with Crippen LogP contribution in [0.1, 0.15) is 23.3 Å². The molecule has 2 N–H and O–H groups in total. The molecule has 3 nitrogen and oxygen atoms in total. The van der Waals surface area contributed by atoms with Crippen molar-refractivity contribution in [1.82, 2.24) is 5.32 Å². The van der Waals surface area contributed by atoms with E-state index in [-0.39, 0.29) is 12.5 Å². The van der Waals surface area contributed by atoms with Crippen LogP contribution in [0.15, 0.2) is 11.4 Å². The van der Waals surface area contributed by atoms with Gasteiger partial charge in [-0.2, -0.15) is 0 Å². The zero-order chi connectivity index (χ0) is 11.1. The molecule has 84 valence electrons. The van der Waals surface area contributed by atoms with E-state index in [0.29, 0.717) is 19.4 Å². The van der Waals surface area contributed by atoms with E-state index in [9.17, 15) is 4.79 Å². The fourth-order valence-electron chi connectivity index (χ4n) is 1.30. The Morgan fingerprint density at radius 1 is 1.60 bits per heavy atom. The molecule has 0 radical (unpaired) electrons. The van der Waals surface area contributed by atoms with Crippen LogP contribution in [0.3, 0.4) is 0 Å². The summed E-state index contributed by atoms with van der Waals surface area (Å²) in [5, 5.41) is 13.5. The van der Waals surface area contributed by atoms with Crippen LogP contribution < -0.4 is 5.32 Å². The highest BCUT2D eigenvalue weighted by molar-refractivity contribution is 7.10. The molecule has 0 spiro atoms. The summed E-state index contributed by atoms with van der Waals surface area (Å²) < 4.78 is 0. The van der Waals surface area contributed by atoms with Crippen LogP contribution in [0.5, 0.6) is 0 Å². The van der Waals surface area contributed by atoms with Crippen molar-refractivity contribution in [3.05, 3.63) is 21.9 Å². The predicted molar refractivity (Wildman–Crippen MR) is 62.1 cm³/mol. The molecule has 1 amide bonds. The molecule has 15 heavy (non-hydrogen) atoms. The Balaban J connectivity index is 2.16. The molecule has 0 fully saturated rings. The van der Waals surface area contributed by atoms with E-state index >= 15 is 0 Å². The largest absolute Gasteiger partial charge is 0.396 e. The van der Waals surface area contributed by atoms with Crippen molar-refractivity contribution in [3.8, 4) is 0 Å². The first-order valence-electron chi connectivity index (χ1n) is 5.14. The van der Waals surface area contributed by atoms with Crippen molar-refractivity contribution in [3.63, 3.8) is 0 Å². The van der Waals surface area contributed by atoms with E-state index in [1.807, 2.05) is 0 Å². The first kappa shape index (κ1) is 12.2. The van der Waals surface area contributed by atoms with E-state index in [1.54, 1.807) is 11.3 Å². The number of amides is 1. The van der Waals surface area contributed by atoms with Crippen LogP contribution in [-0.4, -0.2) is 24.2 Å². The number of hydrogen-bond donors (Lipinski definition) is 2. The molecule has 4 heteroatoms. The lowest BCUT2D eigenvalue weighted by molar-refractivity contribution is -0.121. The van der Waals surface area contributed by atoms with Crippen LogP contribution in [0.4, 0.5) is 0 Å². The molecule has 1 rings (SSSR count). The summed E-state index contributed by atoms with van der Waals surface area (Å²) in [4.78, 5) is 12.5. The number of aliphatic hydroxyl groups excluding tert-OH is 1. The summed E-state index contributed by atoms with van der Waals surface area (Å²) >= 11 is 1.73. The average molecular weight is 227 g/mol. The molecule has 0 unspecified atom stereocenters. The van der Waals surface area contributed by atoms with Gasteiger partial charge in [0.15, 0.2) is 0 Å². The summed E-state index contributed by atoms with van der Waals surface area (Å²) in [5.41, 5.74) is 1.30. The van der Waals surface area contributed by atoms with Crippen molar-refractivity contribution in [2.75, 3.05) is 13.2 Å². The minimum Gasteiger partial charge on any atom is -0.396 e. The Morgan fingerprint density at radius 2 is 2.40 bits per heavy atom. The second-order valence-corrected chi connectivity index (χ2v) is 4.45. The molecule has 1 aromatic heterocycles. The van der Waals surface area contributed by atoms with Crippen molar-refractivity contribution >= 4 is 17.2 Å². The molecule has 0 bridgehead atoms. The summed E-state index contributed by atoms with van der Waals surface area (Å²) in [7, 11) is 0. The number of hydrogen-bond acceptors (Lipinski definition) is 3. The standard InChI is InChI=1S/C11H17NO2S/c1-9-5-8-15-10(9)4-6-12-11(14)3-2-7-13/h5,8,13H,2-4,6-7H2,1H3,(H,12,14). The fraction of sp³-hybridized carbons (Fsp3) is 0.545. The van der Waals surface area contributed by atoms with Gasteiger partial charge in [0.05, 0.1) is 0 Å². The number of carbonyl (C=O) groups excluding carboxylic acids is 1. The van der Waals surface area contributed by atoms with Gasteiger partial charge in [0.25, 0.3) is 0 Å². The molecule has 0 saturated heterocycles. The predicted octanol–water partition coefficient (Wildman–Crippen LogP) is 1.49. The highest BCUT2D eigenvalue weighted by atomic mass is 32.1. The molecule has 0 saturated carbocycles. The molecule has 1 aromatic rings. The lowest BCUT2D eigenvalue weighted by Crippen LogP contribution is -2.25. The molecule has 0 atom stereocenters. The van der Waals surface area contributed by atoms with Gasteiger partial charge in [-0.25, -0.2) is 0 Å². The topological polar surface area (TPSA) is 49.3 Å². The number of carbonyl (C=O) groups is 1. The third kappa shape index (κ3) is 4.44. The van der Waals surface area contributed by atoms with Gasteiger partial charge in [0.1, 0.15) is 0 Å². The summed E-state index contributed by atoms with van der Waals surface area (Å²) in [6, 6.07) is 2.09. The maximum atomic E-state index is 11.2. The van der Waals surface area contributed by atoms with Gasteiger partial charge in [-0.3, -0.25) is 4.79 Å². The number of aliphatic hydroxyl groups is 1. The van der Waals surface area contributed by atoms with Gasteiger partial charge in [-0.15, -0.1) is 11.3 Å². The van der Waals surface area contributed by atoms with Gasteiger partial charge >= 0.3 is 0 Å². The van der Waals surface area contributed by atoms with E-state index < -0.39 is 0 Å². The normalized spacial score (nSPS) is 10.3. The summed E-state index contributed by atoms with van der Waals surface area (Å²) in [6.07, 6.45) is 1.86. The highest BCUT2D eigenvalue weighted by Gasteiger charge is 2.02. The van der Waals surface area contributed by atoms with Gasteiger partial charge in [-0.05, 0) is 36.8 Å². The second-order valence-electron chi connectivity index (χ2n) is 3.45. The molecule has 0 aliphatic rings. The molecule has 0 aromatic carbocycles. The lowest BCUT2D eigenvalue weighted by Gasteiger charge is -2.03. The Kier molecular flexibility index (Phi) is 5.36.